The minimum absolute atomic E-state index is 0.180. The molecule has 1 aliphatic carbocycles. The molecule has 4 aliphatic heterocycles. The van der Waals surface area contributed by atoms with E-state index >= 15 is 0 Å². The predicted octanol–water partition coefficient (Wildman–Crippen LogP) is 4.05. The number of hydrogen-bond donors (Lipinski definition) is 3. The van der Waals surface area contributed by atoms with Crippen LogP contribution in [0, 0.1) is 11.3 Å². The van der Waals surface area contributed by atoms with Crippen LogP contribution in [0.15, 0.2) is 54.6 Å². The molecule has 236 valence electrons. The summed E-state index contributed by atoms with van der Waals surface area (Å²) in [5.74, 6) is 2.35. The Labute approximate surface area is 264 Å². The first-order chi connectivity index (χ1) is 21.9. The first-order valence-electron chi connectivity index (χ1n) is 16.6. The van der Waals surface area contributed by atoms with E-state index in [-0.39, 0.29) is 11.9 Å². The molecule has 0 radical (unpaired) electrons. The maximum Gasteiger partial charge on any atom is 0.222 e. The van der Waals surface area contributed by atoms with E-state index in [1.165, 1.54) is 5.69 Å². The Bertz CT molecular complexity index is 1550. The van der Waals surface area contributed by atoms with Crippen molar-refractivity contribution in [2.75, 3.05) is 54.8 Å². The molecule has 1 aromatic heterocycles. The van der Waals surface area contributed by atoms with Crippen LogP contribution in [-0.2, 0) is 4.79 Å². The Balaban J connectivity index is 0.879. The predicted molar refractivity (Wildman–Crippen MR) is 174 cm³/mol. The second-order valence-electron chi connectivity index (χ2n) is 14.0. The van der Waals surface area contributed by atoms with Gasteiger partial charge in [-0.15, -0.1) is 10.2 Å². The summed E-state index contributed by atoms with van der Waals surface area (Å²) in [5.41, 5.74) is 10.1. The number of carbonyl (C=O) groups excluding carboxylic acids is 1. The number of likely N-dealkylation sites (tertiary alicyclic amines) is 1. The van der Waals surface area contributed by atoms with Crippen molar-refractivity contribution < 1.29 is 14.6 Å². The molecule has 1 amide bonds. The third-order valence-electron chi connectivity index (χ3n) is 10.9. The molecule has 2 atom stereocenters. The van der Waals surface area contributed by atoms with E-state index in [1.807, 2.05) is 18.2 Å². The lowest BCUT2D eigenvalue weighted by molar-refractivity contribution is -0.148. The molecular weight excluding hydrogens is 566 g/mol. The zero-order valence-corrected chi connectivity index (χ0v) is 25.8. The lowest BCUT2D eigenvalue weighted by Gasteiger charge is -2.56. The fraction of sp³-hybridized carbons (Fsp3) is 0.514. The summed E-state index contributed by atoms with van der Waals surface area (Å²) >= 11 is 0. The number of ether oxygens (including phenoxy) is 1. The topological polar surface area (TPSA) is 120 Å². The van der Waals surface area contributed by atoms with Gasteiger partial charge in [0.1, 0.15) is 11.5 Å². The van der Waals surface area contributed by atoms with Crippen LogP contribution in [0.4, 0.5) is 17.2 Å². The number of nitrogens with two attached hydrogens (primary N) is 1. The van der Waals surface area contributed by atoms with Crippen LogP contribution in [0.5, 0.6) is 11.5 Å². The van der Waals surface area contributed by atoms with Gasteiger partial charge in [0.25, 0.3) is 0 Å². The van der Waals surface area contributed by atoms with Gasteiger partial charge in [0.05, 0.1) is 17.5 Å². The van der Waals surface area contributed by atoms with Crippen LogP contribution < -0.4 is 25.6 Å². The van der Waals surface area contributed by atoms with E-state index in [4.69, 9.17) is 10.5 Å². The van der Waals surface area contributed by atoms with Gasteiger partial charge in [-0.2, -0.15) is 0 Å². The molecule has 5 heterocycles. The summed E-state index contributed by atoms with van der Waals surface area (Å²) < 4.78 is 6.54. The summed E-state index contributed by atoms with van der Waals surface area (Å²) in [6.45, 7) is 5.71. The second-order valence-corrected chi connectivity index (χ2v) is 14.0. The number of nitrogens with zero attached hydrogens (tertiary/aromatic N) is 5. The van der Waals surface area contributed by atoms with E-state index in [0.717, 1.165) is 89.2 Å². The lowest BCUT2D eigenvalue weighted by Crippen LogP contribution is -2.72. The monoisotopic (exact) mass is 609 g/mol. The second kappa shape index (κ2) is 11.4. The number of phenols is 1. The van der Waals surface area contributed by atoms with Gasteiger partial charge in [0.15, 0.2) is 5.82 Å². The van der Waals surface area contributed by atoms with Gasteiger partial charge in [0, 0.05) is 80.5 Å². The number of amides is 1. The van der Waals surface area contributed by atoms with Gasteiger partial charge >= 0.3 is 0 Å². The first-order valence-corrected chi connectivity index (χ1v) is 16.6. The van der Waals surface area contributed by atoms with Crippen molar-refractivity contribution in [1.82, 2.24) is 20.4 Å². The van der Waals surface area contributed by atoms with Crippen LogP contribution in [-0.4, -0.2) is 83.6 Å². The molecule has 2 bridgehead atoms. The average molecular weight is 610 g/mol. The number of rotatable bonds is 7. The lowest BCUT2D eigenvalue weighted by atomic mass is 9.74. The molecule has 1 saturated carbocycles. The molecule has 8 rings (SSSR count). The zero-order valence-electron chi connectivity index (χ0n) is 25.8. The van der Waals surface area contributed by atoms with Gasteiger partial charge in [-0.3, -0.25) is 4.79 Å². The summed E-state index contributed by atoms with van der Waals surface area (Å²) in [4.78, 5) is 19.8. The van der Waals surface area contributed by atoms with Crippen molar-refractivity contribution in [2.24, 2.45) is 11.3 Å². The van der Waals surface area contributed by atoms with E-state index < -0.39 is 0 Å². The number of phenolic OH excluding ortho intramolecular Hbond substituents is 1. The molecule has 4 N–H and O–H groups in total. The Hall–Kier alpha value is -4.05. The van der Waals surface area contributed by atoms with Crippen molar-refractivity contribution in [3.63, 3.8) is 0 Å². The van der Waals surface area contributed by atoms with Crippen LogP contribution >= 0.6 is 0 Å². The van der Waals surface area contributed by atoms with Crippen LogP contribution in [0.1, 0.15) is 44.9 Å². The first kappa shape index (κ1) is 28.4. The molecule has 45 heavy (non-hydrogen) atoms. The molecule has 5 aliphatic rings. The number of piperazine rings is 1. The van der Waals surface area contributed by atoms with Gasteiger partial charge in [-0.05, 0) is 74.8 Å². The van der Waals surface area contributed by atoms with E-state index in [1.54, 1.807) is 12.1 Å². The number of hydrogen-bond acceptors (Lipinski definition) is 9. The van der Waals surface area contributed by atoms with Crippen molar-refractivity contribution >= 4 is 23.1 Å². The van der Waals surface area contributed by atoms with E-state index in [9.17, 15) is 9.90 Å². The number of carbonyl (C=O) groups is 1. The largest absolute Gasteiger partial charge is 0.507 e. The van der Waals surface area contributed by atoms with Crippen molar-refractivity contribution in [2.45, 2.75) is 63.1 Å². The summed E-state index contributed by atoms with van der Waals surface area (Å²) in [6, 6.07) is 18.5. The maximum absolute atomic E-state index is 12.8. The molecule has 4 saturated heterocycles. The maximum atomic E-state index is 12.8. The van der Waals surface area contributed by atoms with Crippen LogP contribution in [0.3, 0.4) is 0 Å². The number of para-hydroxylation sites is 1. The number of nitrogen functional groups attached to an aromatic ring is 1. The van der Waals surface area contributed by atoms with E-state index in [2.05, 4.69) is 54.5 Å². The fourth-order valence-electron chi connectivity index (χ4n) is 8.37. The third kappa shape index (κ3) is 5.43. The number of aromatic nitrogens is 2. The zero-order chi connectivity index (χ0) is 30.5. The standard InChI is InChI=1S/C35H43N7O3/c36-34-31(16-30(38-39-34)29-6-1-2-7-32(29)43)40-17-25-10-11-26(18-40)42(25)24-4-3-5-28(15-24)45-27-12-8-23(9-13-27)14-33(44)41-21-35(22-41)19-37-20-35/h1-7,15-16,23,25-27,37,43H,8-14,17-22H2,(H2,36,39). The minimum atomic E-state index is 0.180. The molecular formula is C35H43N7O3. The summed E-state index contributed by atoms with van der Waals surface area (Å²) in [6.07, 6.45) is 7.26. The Morgan fingerprint density at radius 1 is 0.956 bits per heavy atom. The number of benzene rings is 2. The SMILES string of the molecule is Nc1nnc(-c2ccccc2O)cc1N1CC2CCC(C1)N2c1cccc(OC2CCC(CC(=O)N3CC4(CNC4)C3)CC2)c1. The smallest absolute Gasteiger partial charge is 0.222 e. The van der Waals surface area contributed by atoms with Gasteiger partial charge in [-0.25, -0.2) is 0 Å². The number of fused-ring (bicyclic) bond motifs is 2. The summed E-state index contributed by atoms with van der Waals surface area (Å²) in [7, 11) is 0. The fourth-order valence-corrected chi connectivity index (χ4v) is 8.37. The number of nitrogens with one attached hydrogen (secondary N) is 1. The number of anilines is 3. The van der Waals surface area contributed by atoms with Gasteiger partial charge < -0.3 is 35.6 Å². The van der Waals surface area contributed by atoms with Crippen molar-refractivity contribution in [3.8, 4) is 22.8 Å². The minimum Gasteiger partial charge on any atom is -0.507 e. The van der Waals surface area contributed by atoms with Crippen molar-refractivity contribution in [3.05, 3.63) is 54.6 Å². The van der Waals surface area contributed by atoms with E-state index in [0.29, 0.717) is 52.8 Å². The highest BCUT2D eigenvalue weighted by atomic mass is 16.5. The van der Waals surface area contributed by atoms with Gasteiger partial charge in [-0.1, -0.05) is 18.2 Å². The molecule has 1 spiro atoms. The molecule has 3 aromatic rings. The highest BCUT2D eigenvalue weighted by molar-refractivity contribution is 5.78. The molecule has 10 nitrogen and oxygen atoms in total. The molecule has 5 fully saturated rings. The highest BCUT2D eigenvalue weighted by Gasteiger charge is 2.49. The number of aromatic hydroxyl groups is 1. The highest BCUT2D eigenvalue weighted by Crippen LogP contribution is 2.41. The Morgan fingerprint density at radius 3 is 2.42 bits per heavy atom. The average Bonchev–Trinajstić information content (AvgIpc) is 3.26. The molecule has 2 aromatic carbocycles. The van der Waals surface area contributed by atoms with Crippen molar-refractivity contribution in [1.29, 1.82) is 0 Å². The Kier molecular flexibility index (Phi) is 7.19. The third-order valence-corrected chi connectivity index (χ3v) is 10.9. The van der Waals surface area contributed by atoms with Crippen LogP contribution in [0.25, 0.3) is 11.3 Å². The van der Waals surface area contributed by atoms with Crippen LogP contribution in [0.2, 0.25) is 0 Å². The molecule has 2 unspecified atom stereocenters. The quantitative estimate of drug-likeness (QED) is 0.365. The summed E-state index contributed by atoms with van der Waals surface area (Å²) in [5, 5.41) is 22.2. The Morgan fingerprint density at radius 2 is 1.71 bits per heavy atom. The molecule has 10 heteroatoms. The van der Waals surface area contributed by atoms with Gasteiger partial charge in [0.2, 0.25) is 5.91 Å². The normalized spacial score (nSPS) is 26.8.